The maximum absolute atomic E-state index is 10.5. The molecular formula is C13H20N2O2. The Hall–Kier alpha value is -1.16. The molecule has 2 rings (SSSR count). The van der Waals surface area contributed by atoms with Crippen LogP contribution in [0.3, 0.4) is 0 Å². The van der Waals surface area contributed by atoms with Crippen LogP contribution in [0.1, 0.15) is 43.1 Å². The maximum Gasteiger partial charge on any atom is 0.195 e. The fraction of sp³-hybridized carbons (Fsp3) is 0.692. The van der Waals surface area contributed by atoms with Crippen LogP contribution in [0.25, 0.3) is 0 Å². The molecule has 1 aromatic heterocycles. The predicted molar refractivity (Wildman–Crippen MR) is 65.0 cm³/mol. The first-order valence-corrected chi connectivity index (χ1v) is 6.33. The van der Waals surface area contributed by atoms with Gasteiger partial charge in [-0.2, -0.15) is 0 Å². The normalized spacial score (nSPS) is 18.8. The molecule has 1 saturated heterocycles. The highest BCUT2D eigenvalue weighted by Gasteiger charge is 2.22. The molecule has 4 heteroatoms. The maximum atomic E-state index is 10.5. The number of hydrogen-bond acceptors (Lipinski definition) is 4. The van der Waals surface area contributed by atoms with Gasteiger partial charge in [-0.05, 0) is 45.7 Å². The van der Waals surface area contributed by atoms with E-state index in [-0.39, 0.29) is 0 Å². The largest absolute Gasteiger partial charge is 0.438 e. The third-order valence-corrected chi connectivity index (χ3v) is 3.53. The van der Waals surface area contributed by atoms with Gasteiger partial charge in [0.25, 0.3) is 0 Å². The summed E-state index contributed by atoms with van der Waals surface area (Å²) in [7, 11) is 0. The Labute approximate surface area is 102 Å². The van der Waals surface area contributed by atoms with E-state index in [1.165, 1.54) is 19.0 Å². The van der Waals surface area contributed by atoms with Crippen LogP contribution in [0, 0.1) is 5.92 Å². The number of carbonyl (C=O) groups excluding carboxylic acids is 1. The quantitative estimate of drug-likeness (QED) is 0.751. The monoisotopic (exact) mass is 236 g/mol. The predicted octanol–water partition coefficient (Wildman–Crippen LogP) is 2.15. The molecule has 0 N–H and O–H groups in total. The van der Waals surface area contributed by atoms with Crippen molar-refractivity contribution in [3.8, 4) is 0 Å². The first kappa shape index (κ1) is 12.3. The second kappa shape index (κ2) is 5.45. The molecule has 1 aliphatic heterocycles. The number of carbonyl (C=O) groups is 1. The molecule has 0 unspecified atom stereocenters. The number of aldehydes is 1. The zero-order valence-corrected chi connectivity index (χ0v) is 10.6. The van der Waals surface area contributed by atoms with Crippen LogP contribution in [-0.4, -0.2) is 35.3 Å². The second-order valence-corrected chi connectivity index (χ2v) is 5.05. The molecule has 0 aliphatic carbocycles. The van der Waals surface area contributed by atoms with Crippen molar-refractivity contribution < 1.29 is 9.21 Å². The molecule has 1 aromatic rings. The first-order chi connectivity index (χ1) is 8.19. The minimum atomic E-state index is 0.333. The molecule has 1 fully saturated rings. The highest BCUT2D eigenvalue weighted by Crippen LogP contribution is 2.22. The molecule has 94 valence electrons. The molecular weight excluding hydrogens is 216 g/mol. The van der Waals surface area contributed by atoms with Gasteiger partial charge < -0.3 is 9.32 Å². The summed E-state index contributed by atoms with van der Waals surface area (Å²) in [5, 5.41) is 0. The molecule has 0 bridgehead atoms. The summed E-state index contributed by atoms with van der Waals surface area (Å²) in [6.07, 6.45) is 5.46. The van der Waals surface area contributed by atoms with Crippen molar-refractivity contribution in [1.29, 1.82) is 0 Å². The van der Waals surface area contributed by atoms with Crippen LogP contribution in [-0.2, 0) is 6.42 Å². The van der Waals surface area contributed by atoms with Gasteiger partial charge in [0, 0.05) is 12.5 Å². The molecule has 0 atom stereocenters. The van der Waals surface area contributed by atoms with Crippen molar-refractivity contribution in [2.24, 2.45) is 5.92 Å². The van der Waals surface area contributed by atoms with Gasteiger partial charge in [0.15, 0.2) is 17.9 Å². The number of piperidine rings is 1. The zero-order chi connectivity index (χ0) is 12.3. The van der Waals surface area contributed by atoms with Gasteiger partial charge in [0.05, 0.1) is 6.20 Å². The second-order valence-electron chi connectivity index (χ2n) is 5.05. The number of nitrogens with zero attached hydrogens (tertiary/aromatic N) is 2. The van der Waals surface area contributed by atoms with Gasteiger partial charge in [0.1, 0.15) is 0 Å². The molecule has 17 heavy (non-hydrogen) atoms. The average molecular weight is 236 g/mol. The van der Waals surface area contributed by atoms with E-state index in [0.717, 1.165) is 19.5 Å². The van der Waals surface area contributed by atoms with E-state index in [9.17, 15) is 4.79 Å². The van der Waals surface area contributed by atoms with Crippen molar-refractivity contribution in [3.05, 3.63) is 17.8 Å². The summed E-state index contributed by atoms with van der Waals surface area (Å²) >= 11 is 0. The highest BCUT2D eigenvalue weighted by molar-refractivity contribution is 5.69. The molecule has 0 radical (unpaired) electrons. The van der Waals surface area contributed by atoms with Crippen LogP contribution < -0.4 is 0 Å². The van der Waals surface area contributed by atoms with E-state index in [2.05, 4.69) is 23.7 Å². The van der Waals surface area contributed by atoms with E-state index >= 15 is 0 Å². The smallest absolute Gasteiger partial charge is 0.195 e. The fourth-order valence-corrected chi connectivity index (χ4v) is 2.39. The van der Waals surface area contributed by atoms with Crippen molar-refractivity contribution in [3.63, 3.8) is 0 Å². The minimum absolute atomic E-state index is 0.333. The van der Waals surface area contributed by atoms with Gasteiger partial charge >= 0.3 is 0 Å². The van der Waals surface area contributed by atoms with E-state index in [1.807, 2.05) is 0 Å². The summed E-state index contributed by atoms with van der Waals surface area (Å²) in [4.78, 5) is 17.1. The van der Waals surface area contributed by atoms with Crippen molar-refractivity contribution in [2.45, 2.75) is 39.2 Å². The van der Waals surface area contributed by atoms with E-state index in [0.29, 0.717) is 29.9 Å². The van der Waals surface area contributed by atoms with Gasteiger partial charge in [-0.1, -0.05) is 0 Å². The van der Waals surface area contributed by atoms with Crippen LogP contribution in [0.4, 0.5) is 0 Å². The summed E-state index contributed by atoms with van der Waals surface area (Å²) in [6, 6.07) is 0.638. The molecule has 0 amide bonds. The summed E-state index contributed by atoms with van der Waals surface area (Å²) in [5.74, 6) is 1.68. The van der Waals surface area contributed by atoms with Gasteiger partial charge in [-0.3, -0.25) is 4.79 Å². The Morgan fingerprint density at radius 1 is 1.53 bits per heavy atom. The highest BCUT2D eigenvalue weighted by atomic mass is 16.4. The molecule has 2 heterocycles. The molecule has 0 spiro atoms. The lowest BCUT2D eigenvalue weighted by Gasteiger charge is -2.34. The van der Waals surface area contributed by atoms with E-state index < -0.39 is 0 Å². The number of oxazole rings is 1. The molecule has 0 saturated carbocycles. The van der Waals surface area contributed by atoms with E-state index in [4.69, 9.17) is 4.42 Å². The third kappa shape index (κ3) is 3.16. The van der Waals surface area contributed by atoms with Crippen molar-refractivity contribution >= 4 is 6.29 Å². The number of likely N-dealkylation sites (tertiary alicyclic amines) is 1. The van der Waals surface area contributed by atoms with Gasteiger partial charge in [-0.15, -0.1) is 0 Å². The van der Waals surface area contributed by atoms with Crippen molar-refractivity contribution in [1.82, 2.24) is 9.88 Å². The zero-order valence-electron chi connectivity index (χ0n) is 10.6. The summed E-state index contributed by atoms with van der Waals surface area (Å²) in [5.41, 5.74) is 0. The van der Waals surface area contributed by atoms with Crippen LogP contribution >= 0.6 is 0 Å². The van der Waals surface area contributed by atoms with Crippen LogP contribution in [0.15, 0.2) is 10.6 Å². The number of aromatic nitrogens is 1. The number of rotatable bonds is 4. The summed E-state index contributed by atoms with van der Waals surface area (Å²) in [6.45, 7) is 6.79. The lowest BCUT2D eigenvalue weighted by Crippen LogP contribution is -2.38. The fourth-order valence-electron chi connectivity index (χ4n) is 2.39. The van der Waals surface area contributed by atoms with Gasteiger partial charge in [-0.25, -0.2) is 4.98 Å². The average Bonchev–Trinajstić information content (AvgIpc) is 2.77. The van der Waals surface area contributed by atoms with Crippen LogP contribution in [0.5, 0.6) is 0 Å². The van der Waals surface area contributed by atoms with Crippen molar-refractivity contribution in [2.75, 3.05) is 13.1 Å². The third-order valence-electron chi connectivity index (χ3n) is 3.53. The molecule has 0 aromatic carbocycles. The Bertz CT molecular complexity index is 365. The first-order valence-electron chi connectivity index (χ1n) is 6.33. The lowest BCUT2D eigenvalue weighted by molar-refractivity contribution is 0.109. The Balaban J connectivity index is 1.83. The Morgan fingerprint density at radius 2 is 2.24 bits per heavy atom. The van der Waals surface area contributed by atoms with Gasteiger partial charge in [0.2, 0.25) is 0 Å². The Kier molecular flexibility index (Phi) is 3.94. The molecule has 1 aliphatic rings. The minimum Gasteiger partial charge on any atom is -0.438 e. The standard InChI is InChI=1S/C13H20N2O2/c1-10(2)15-5-3-11(4-6-15)7-13-14-8-12(9-16)17-13/h8-11H,3-7H2,1-2H3. The topological polar surface area (TPSA) is 46.3 Å². The molecule has 4 nitrogen and oxygen atoms in total. The van der Waals surface area contributed by atoms with E-state index in [1.54, 1.807) is 0 Å². The summed E-state index contributed by atoms with van der Waals surface area (Å²) < 4.78 is 5.32. The van der Waals surface area contributed by atoms with Crippen LogP contribution in [0.2, 0.25) is 0 Å². The lowest BCUT2D eigenvalue weighted by atomic mass is 9.93. The SMILES string of the molecule is CC(C)N1CCC(Cc2ncc(C=O)o2)CC1. The number of hydrogen-bond donors (Lipinski definition) is 0. The Morgan fingerprint density at radius 3 is 2.76 bits per heavy atom.